The molecule has 0 spiro atoms. The quantitative estimate of drug-likeness (QED) is 0.442. The van der Waals surface area contributed by atoms with E-state index in [4.69, 9.17) is 0 Å². The highest BCUT2D eigenvalue weighted by Crippen LogP contribution is 2.43. The van der Waals surface area contributed by atoms with E-state index in [2.05, 4.69) is 6.92 Å². The Hall–Kier alpha value is -2.10. The van der Waals surface area contributed by atoms with Gasteiger partial charge in [0.1, 0.15) is 0 Å². The molecule has 0 bridgehead atoms. The highest BCUT2D eigenvalue weighted by molar-refractivity contribution is 5.89. The number of hydrogen-bond donors (Lipinski definition) is 0. The molecule has 0 aromatic rings. The Labute approximate surface area is 155 Å². The van der Waals surface area contributed by atoms with Gasteiger partial charge in [-0.05, 0) is 49.7 Å². The Kier molecular flexibility index (Phi) is 4.84. The number of nitrogens with zero attached hydrogens (tertiary/aromatic N) is 2. The molecule has 2 heterocycles. The van der Waals surface area contributed by atoms with Gasteiger partial charge in [0.05, 0.1) is 0 Å². The fourth-order valence-corrected chi connectivity index (χ4v) is 4.31. The number of carbonyl (C=O) groups excluding carboxylic acids is 2. The third kappa shape index (κ3) is 3.29. The van der Waals surface area contributed by atoms with E-state index in [1.807, 2.05) is 28.0 Å². The van der Waals surface area contributed by atoms with Crippen molar-refractivity contribution in [2.45, 2.75) is 45.4 Å². The average molecular weight is 352 g/mol. The lowest BCUT2D eigenvalue weighted by Crippen LogP contribution is -2.41. The summed E-state index contributed by atoms with van der Waals surface area (Å²) in [7, 11) is 0. The molecular formula is C22H28N2O2. The van der Waals surface area contributed by atoms with Crippen LogP contribution < -0.4 is 0 Å². The summed E-state index contributed by atoms with van der Waals surface area (Å²) in [5, 5.41) is 0. The fourth-order valence-electron chi connectivity index (χ4n) is 4.31. The molecule has 2 fully saturated rings. The molecular weight excluding hydrogens is 324 g/mol. The predicted molar refractivity (Wildman–Crippen MR) is 102 cm³/mol. The van der Waals surface area contributed by atoms with Crippen molar-refractivity contribution in [1.29, 1.82) is 0 Å². The van der Waals surface area contributed by atoms with Crippen LogP contribution in [0.1, 0.15) is 45.4 Å². The highest BCUT2D eigenvalue weighted by atomic mass is 16.2. The molecule has 4 aliphatic rings. The molecule has 138 valence electrons. The molecule has 0 N–H and O–H groups in total. The monoisotopic (exact) mass is 352 g/mol. The predicted octanol–water partition coefficient (Wildman–Crippen LogP) is 3.38. The van der Waals surface area contributed by atoms with Crippen LogP contribution in [0.3, 0.4) is 0 Å². The van der Waals surface area contributed by atoms with Gasteiger partial charge in [-0.2, -0.15) is 0 Å². The normalized spacial score (nSPS) is 25.3. The van der Waals surface area contributed by atoms with Gasteiger partial charge in [-0.15, -0.1) is 0 Å². The molecule has 2 saturated carbocycles. The molecule has 4 nitrogen and oxygen atoms in total. The first kappa shape index (κ1) is 17.3. The van der Waals surface area contributed by atoms with Gasteiger partial charge in [0.25, 0.3) is 0 Å². The number of amides is 2. The zero-order valence-electron chi connectivity index (χ0n) is 15.7. The van der Waals surface area contributed by atoms with E-state index in [9.17, 15) is 9.59 Å². The van der Waals surface area contributed by atoms with Crippen LogP contribution in [0.15, 0.2) is 46.6 Å². The molecule has 0 aromatic carbocycles. The highest BCUT2D eigenvalue weighted by Gasteiger charge is 2.39. The maximum absolute atomic E-state index is 12.7. The van der Waals surface area contributed by atoms with Crippen molar-refractivity contribution in [2.75, 3.05) is 26.2 Å². The van der Waals surface area contributed by atoms with Gasteiger partial charge in [0.2, 0.25) is 11.8 Å². The van der Waals surface area contributed by atoms with E-state index in [0.29, 0.717) is 19.0 Å². The van der Waals surface area contributed by atoms with E-state index in [1.165, 1.54) is 30.4 Å². The minimum absolute atomic E-state index is 0.0637. The molecule has 0 radical (unpaired) electrons. The maximum atomic E-state index is 12.7. The number of allylic oxidation sites excluding steroid dienone is 5. The molecule has 4 heteroatoms. The van der Waals surface area contributed by atoms with Crippen molar-refractivity contribution < 1.29 is 9.59 Å². The number of hydrogen-bond acceptors (Lipinski definition) is 2. The van der Waals surface area contributed by atoms with Crippen molar-refractivity contribution in [3.05, 3.63) is 46.6 Å². The minimum Gasteiger partial charge on any atom is -0.334 e. The first-order valence-corrected chi connectivity index (χ1v) is 9.96. The average Bonchev–Trinajstić information content (AvgIpc) is 3.10. The second-order valence-corrected chi connectivity index (χ2v) is 7.96. The summed E-state index contributed by atoms with van der Waals surface area (Å²) in [6, 6.07) is 0. The third-order valence-corrected chi connectivity index (χ3v) is 6.16. The number of carbonyl (C=O) groups is 2. The van der Waals surface area contributed by atoms with Crippen molar-refractivity contribution in [1.82, 2.24) is 9.80 Å². The van der Waals surface area contributed by atoms with Crippen LogP contribution in [0, 0.1) is 5.92 Å². The molecule has 0 atom stereocenters. The zero-order valence-corrected chi connectivity index (χ0v) is 15.7. The lowest BCUT2D eigenvalue weighted by atomic mass is 9.72. The summed E-state index contributed by atoms with van der Waals surface area (Å²) < 4.78 is 0. The second kappa shape index (κ2) is 7.26. The number of rotatable bonds is 4. The van der Waals surface area contributed by atoms with Gasteiger partial charge in [0, 0.05) is 38.2 Å². The van der Waals surface area contributed by atoms with Gasteiger partial charge < -0.3 is 9.80 Å². The maximum Gasteiger partial charge on any atom is 0.247 e. The van der Waals surface area contributed by atoms with E-state index < -0.39 is 0 Å². The van der Waals surface area contributed by atoms with Gasteiger partial charge in [-0.3, -0.25) is 9.59 Å². The van der Waals surface area contributed by atoms with Gasteiger partial charge >= 0.3 is 0 Å². The first-order chi connectivity index (χ1) is 12.7. The molecule has 4 rings (SSSR count). The van der Waals surface area contributed by atoms with Crippen LogP contribution in [-0.4, -0.2) is 47.8 Å². The van der Waals surface area contributed by atoms with E-state index in [0.717, 1.165) is 32.4 Å². The lowest BCUT2D eigenvalue weighted by molar-refractivity contribution is -0.135. The third-order valence-electron chi connectivity index (χ3n) is 6.16. The fraction of sp³-hybridized carbons (Fsp3) is 0.545. The van der Waals surface area contributed by atoms with Crippen LogP contribution in [0.5, 0.6) is 0 Å². The molecule has 0 aromatic heterocycles. The van der Waals surface area contributed by atoms with E-state index >= 15 is 0 Å². The summed E-state index contributed by atoms with van der Waals surface area (Å²) in [6.45, 7) is 4.88. The summed E-state index contributed by atoms with van der Waals surface area (Å²) in [6.07, 6.45) is 14.2. The Bertz CT molecular complexity index is 709. The Morgan fingerprint density at radius 3 is 2.15 bits per heavy atom. The van der Waals surface area contributed by atoms with Crippen LogP contribution in [0.25, 0.3) is 0 Å². The van der Waals surface area contributed by atoms with Gasteiger partial charge in [-0.25, -0.2) is 0 Å². The van der Waals surface area contributed by atoms with Gasteiger partial charge in [-0.1, -0.05) is 36.3 Å². The standard InChI is InChI=1S/C22H28N2O2/c1-2-3-4-5-9-21(25)23-12-19-14-24(15-20(19)13-23)22(26)18-10-17(11-18)16-7-6-8-16/h3-5,9,18H,2,6-8,10-15H2,1H3/b4-3+,9-5+. The Morgan fingerprint density at radius 1 is 0.923 bits per heavy atom. The van der Waals surface area contributed by atoms with Crippen molar-refractivity contribution in [3.63, 3.8) is 0 Å². The van der Waals surface area contributed by atoms with Crippen molar-refractivity contribution >= 4 is 11.8 Å². The zero-order chi connectivity index (χ0) is 18.1. The second-order valence-electron chi connectivity index (χ2n) is 7.96. The van der Waals surface area contributed by atoms with E-state index in [1.54, 1.807) is 17.2 Å². The first-order valence-electron chi connectivity index (χ1n) is 9.96. The summed E-state index contributed by atoms with van der Waals surface area (Å²) in [4.78, 5) is 28.9. The van der Waals surface area contributed by atoms with Gasteiger partial charge in [0.15, 0.2) is 0 Å². The Balaban J connectivity index is 1.25. The molecule has 0 unspecified atom stereocenters. The molecule has 0 saturated heterocycles. The van der Waals surface area contributed by atoms with E-state index in [-0.39, 0.29) is 11.8 Å². The largest absolute Gasteiger partial charge is 0.334 e. The molecule has 2 aliphatic heterocycles. The van der Waals surface area contributed by atoms with Crippen LogP contribution in [0.2, 0.25) is 0 Å². The van der Waals surface area contributed by atoms with Crippen LogP contribution in [-0.2, 0) is 9.59 Å². The molecule has 26 heavy (non-hydrogen) atoms. The summed E-state index contributed by atoms with van der Waals surface area (Å²) >= 11 is 0. The van der Waals surface area contributed by atoms with Crippen molar-refractivity contribution in [2.24, 2.45) is 5.92 Å². The molecule has 2 amide bonds. The summed E-state index contributed by atoms with van der Waals surface area (Å²) in [5.74, 6) is 0.600. The van der Waals surface area contributed by atoms with Crippen LogP contribution >= 0.6 is 0 Å². The SMILES string of the molecule is CC/C=C/C=C/C(=O)N1CC2=C(C1)CN(C(=O)C1CC(=C3CCC3)C1)C2. The smallest absolute Gasteiger partial charge is 0.247 e. The van der Waals surface area contributed by atoms with Crippen molar-refractivity contribution in [3.8, 4) is 0 Å². The molecule has 2 aliphatic carbocycles. The topological polar surface area (TPSA) is 40.6 Å². The summed E-state index contributed by atoms with van der Waals surface area (Å²) in [5.41, 5.74) is 5.75. The Morgan fingerprint density at radius 2 is 1.58 bits per heavy atom. The van der Waals surface area contributed by atoms with Crippen LogP contribution in [0.4, 0.5) is 0 Å². The lowest BCUT2D eigenvalue weighted by Gasteiger charge is -2.36. The minimum atomic E-state index is 0.0637.